The van der Waals surface area contributed by atoms with Gasteiger partial charge in [0.1, 0.15) is 30.1 Å². The van der Waals surface area contributed by atoms with Crippen LogP contribution in [-0.4, -0.2) is 58.1 Å². The third-order valence-corrected chi connectivity index (χ3v) is 4.72. The average Bonchev–Trinajstić information content (AvgIpc) is 2.81. The van der Waals surface area contributed by atoms with Gasteiger partial charge >= 0.3 is 0 Å². The van der Waals surface area contributed by atoms with Gasteiger partial charge in [0.15, 0.2) is 5.82 Å². The topological polar surface area (TPSA) is 128 Å². The summed E-state index contributed by atoms with van der Waals surface area (Å²) < 4.78 is 5.75. The summed E-state index contributed by atoms with van der Waals surface area (Å²) in [5.74, 6) is 2.20. The third-order valence-electron chi connectivity index (χ3n) is 4.72. The van der Waals surface area contributed by atoms with E-state index in [1.165, 1.54) is 6.21 Å². The molecule has 0 saturated carbocycles. The highest BCUT2D eigenvalue weighted by Crippen LogP contribution is 2.28. The van der Waals surface area contributed by atoms with Crippen LogP contribution in [0.3, 0.4) is 0 Å². The smallest absolute Gasteiger partial charge is 0.164 e. The van der Waals surface area contributed by atoms with E-state index in [1.54, 1.807) is 13.2 Å². The summed E-state index contributed by atoms with van der Waals surface area (Å²) in [4.78, 5) is 13.8. The number of nitrogens with one attached hydrogen (secondary N) is 4. The molecule has 0 aliphatic heterocycles. The molecule has 9 heteroatoms. The first-order valence-corrected chi connectivity index (χ1v) is 11.2. The van der Waals surface area contributed by atoms with E-state index in [9.17, 15) is 5.11 Å². The number of benzene rings is 1. The van der Waals surface area contributed by atoms with E-state index in [0.717, 1.165) is 11.3 Å². The summed E-state index contributed by atoms with van der Waals surface area (Å²) in [5.41, 5.74) is 1.92. The van der Waals surface area contributed by atoms with Gasteiger partial charge in [-0.3, -0.25) is 4.98 Å². The van der Waals surface area contributed by atoms with Crippen molar-refractivity contribution in [2.45, 2.75) is 39.0 Å². The number of likely N-dealkylation sites (N-methyl/N-ethyl adjacent to an activating group) is 1. The number of hydrogen-bond acceptors (Lipinski definition) is 9. The molecule has 3 aromatic rings. The van der Waals surface area contributed by atoms with Gasteiger partial charge < -0.3 is 31.2 Å². The van der Waals surface area contributed by atoms with Crippen LogP contribution in [0.5, 0.6) is 5.75 Å². The summed E-state index contributed by atoms with van der Waals surface area (Å²) in [6, 6.07) is 13.2. The Balaban J connectivity index is 1.95. The van der Waals surface area contributed by atoms with E-state index in [1.807, 2.05) is 63.2 Å². The van der Waals surface area contributed by atoms with Crippen molar-refractivity contribution in [1.29, 1.82) is 5.41 Å². The fourth-order valence-corrected chi connectivity index (χ4v) is 3.21. The Labute approximate surface area is 200 Å². The van der Waals surface area contributed by atoms with Gasteiger partial charge in [0, 0.05) is 30.1 Å². The highest BCUT2D eigenvalue weighted by molar-refractivity contribution is 5.91. The van der Waals surface area contributed by atoms with Crippen LogP contribution < -0.4 is 20.7 Å². The molecule has 0 fully saturated rings. The molecule has 9 nitrogen and oxygen atoms in total. The van der Waals surface area contributed by atoms with Crippen LogP contribution in [0.2, 0.25) is 0 Å². The SMILES string of the molecule is CNCC(O)COc1cccc(-c2nc(NCc3ccccn3)c(C=N)c(NC(C)(C)C)n2)c1. The summed E-state index contributed by atoms with van der Waals surface area (Å²) in [5, 5.41) is 27.6. The predicted molar refractivity (Wildman–Crippen MR) is 136 cm³/mol. The summed E-state index contributed by atoms with van der Waals surface area (Å²) >= 11 is 0. The first-order valence-electron chi connectivity index (χ1n) is 11.2. The lowest BCUT2D eigenvalue weighted by molar-refractivity contribution is 0.108. The zero-order valence-corrected chi connectivity index (χ0v) is 20.1. The molecule has 0 amide bonds. The maximum absolute atomic E-state index is 9.93. The van der Waals surface area contributed by atoms with Gasteiger partial charge in [0.05, 0.1) is 17.8 Å². The molecule has 180 valence electrons. The second-order valence-electron chi connectivity index (χ2n) is 8.90. The lowest BCUT2D eigenvalue weighted by atomic mass is 10.1. The summed E-state index contributed by atoms with van der Waals surface area (Å²) in [7, 11) is 1.78. The number of nitrogens with zero attached hydrogens (tertiary/aromatic N) is 3. The van der Waals surface area contributed by atoms with Crippen molar-refractivity contribution in [3.63, 3.8) is 0 Å². The minimum atomic E-state index is -0.609. The molecule has 0 aliphatic carbocycles. The van der Waals surface area contributed by atoms with Gasteiger partial charge in [-0.15, -0.1) is 0 Å². The summed E-state index contributed by atoms with van der Waals surface area (Å²) in [6.07, 6.45) is 2.38. The van der Waals surface area contributed by atoms with Crippen LogP contribution in [0, 0.1) is 5.41 Å². The predicted octanol–water partition coefficient (Wildman–Crippen LogP) is 3.32. The van der Waals surface area contributed by atoms with Gasteiger partial charge in [-0.1, -0.05) is 18.2 Å². The van der Waals surface area contributed by atoms with Crippen molar-refractivity contribution in [1.82, 2.24) is 20.3 Å². The van der Waals surface area contributed by atoms with Crippen molar-refractivity contribution in [2.24, 2.45) is 0 Å². The number of aromatic nitrogens is 3. The van der Waals surface area contributed by atoms with Crippen molar-refractivity contribution in [3.8, 4) is 17.1 Å². The number of anilines is 2. The van der Waals surface area contributed by atoms with Crippen molar-refractivity contribution < 1.29 is 9.84 Å². The average molecular weight is 464 g/mol. The van der Waals surface area contributed by atoms with Crippen molar-refractivity contribution >= 4 is 17.9 Å². The number of aliphatic hydroxyl groups excluding tert-OH is 1. The maximum atomic E-state index is 9.93. The fourth-order valence-electron chi connectivity index (χ4n) is 3.21. The fraction of sp³-hybridized carbons (Fsp3) is 0.360. The molecule has 0 bridgehead atoms. The molecule has 34 heavy (non-hydrogen) atoms. The number of aliphatic hydroxyl groups is 1. The van der Waals surface area contributed by atoms with Gasteiger partial charge in [-0.25, -0.2) is 9.97 Å². The van der Waals surface area contributed by atoms with Crippen LogP contribution in [0.4, 0.5) is 11.6 Å². The molecule has 0 aliphatic rings. The second-order valence-corrected chi connectivity index (χ2v) is 8.90. The number of hydrogen-bond donors (Lipinski definition) is 5. The molecule has 1 unspecified atom stereocenters. The van der Waals surface area contributed by atoms with E-state index in [-0.39, 0.29) is 12.1 Å². The number of rotatable bonds is 11. The normalized spacial score (nSPS) is 12.1. The van der Waals surface area contributed by atoms with Crippen LogP contribution in [0.1, 0.15) is 32.0 Å². The lowest BCUT2D eigenvalue weighted by Gasteiger charge is -2.24. The first-order chi connectivity index (χ1) is 16.3. The monoisotopic (exact) mass is 463 g/mol. The van der Waals surface area contributed by atoms with E-state index in [0.29, 0.717) is 41.9 Å². The molecule has 2 heterocycles. The Morgan fingerprint density at radius 2 is 1.91 bits per heavy atom. The molecular formula is C25H33N7O2. The van der Waals surface area contributed by atoms with Crippen LogP contribution in [0.25, 0.3) is 11.4 Å². The third kappa shape index (κ3) is 7.23. The zero-order chi connectivity index (χ0) is 24.6. The zero-order valence-electron chi connectivity index (χ0n) is 20.1. The number of pyridine rings is 1. The standard InChI is InChI=1S/C25H33N7O2/c1-25(2,3)32-24-21(13-26)23(29-14-18-9-5-6-11-28-18)30-22(31-24)17-8-7-10-20(12-17)34-16-19(33)15-27-4/h5-13,19,26-27,33H,14-16H2,1-4H3,(H2,29,30,31,32). The van der Waals surface area contributed by atoms with E-state index in [4.69, 9.17) is 20.1 Å². The van der Waals surface area contributed by atoms with Crippen LogP contribution >= 0.6 is 0 Å². The molecule has 0 radical (unpaired) electrons. The minimum Gasteiger partial charge on any atom is -0.491 e. The van der Waals surface area contributed by atoms with Gasteiger partial charge in [-0.05, 0) is 52.1 Å². The van der Waals surface area contributed by atoms with Gasteiger partial charge in [0.25, 0.3) is 0 Å². The Morgan fingerprint density at radius 1 is 1.12 bits per heavy atom. The molecule has 2 aromatic heterocycles. The Hall–Kier alpha value is -3.56. The van der Waals surface area contributed by atoms with Crippen LogP contribution in [-0.2, 0) is 6.54 Å². The molecule has 5 N–H and O–H groups in total. The molecule has 1 aromatic carbocycles. The highest BCUT2D eigenvalue weighted by Gasteiger charge is 2.19. The van der Waals surface area contributed by atoms with Crippen LogP contribution in [0.15, 0.2) is 48.7 Å². The van der Waals surface area contributed by atoms with E-state index >= 15 is 0 Å². The first kappa shape index (κ1) is 25.1. The molecule has 0 saturated heterocycles. The largest absolute Gasteiger partial charge is 0.491 e. The Kier molecular flexibility index (Phi) is 8.50. The van der Waals surface area contributed by atoms with E-state index in [2.05, 4.69) is 20.9 Å². The van der Waals surface area contributed by atoms with E-state index < -0.39 is 6.10 Å². The van der Waals surface area contributed by atoms with Gasteiger partial charge in [0.2, 0.25) is 0 Å². The second kappa shape index (κ2) is 11.5. The Bertz CT molecular complexity index is 1080. The Morgan fingerprint density at radius 3 is 2.59 bits per heavy atom. The number of ether oxygens (including phenoxy) is 1. The highest BCUT2D eigenvalue weighted by atomic mass is 16.5. The lowest BCUT2D eigenvalue weighted by Crippen LogP contribution is -2.29. The maximum Gasteiger partial charge on any atom is 0.164 e. The molecular weight excluding hydrogens is 430 g/mol. The minimum absolute atomic E-state index is 0.172. The van der Waals surface area contributed by atoms with Gasteiger partial charge in [-0.2, -0.15) is 0 Å². The molecule has 3 rings (SSSR count). The van der Waals surface area contributed by atoms with Crippen molar-refractivity contribution in [2.75, 3.05) is 30.8 Å². The summed E-state index contributed by atoms with van der Waals surface area (Å²) in [6.45, 7) is 7.18. The molecule has 0 spiro atoms. The molecule has 1 atom stereocenters. The quantitative estimate of drug-likeness (QED) is 0.274. The van der Waals surface area contributed by atoms with Crippen molar-refractivity contribution in [3.05, 3.63) is 59.9 Å².